The molecule has 2 unspecified atom stereocenters. The van der Waals surface area contributed by atoms with E-state index in [1.807, 2.05) is 0 Å². The van der Waals surface area contributed by atoms with Crippen LogP contribution in [0, 0.1) is 17.3 Å². The number of esters is 2. The lowest BCUT2D eigenvalue weighted by Gasteiger charge is -2.59. The number of alkyl halides is 2. The van der Waals surface area contributed by atoms with E-state index in [4.69, 9.17) is 14.0 Å². The van der Waals surface area contributed by atoms with Crippen molar-refractivity contribution >= 4 is 22.1 Å². The van der Waals surface area contributed by atoms with Gasteiger partial charge in [-0.2, -0.15) is 17.2 Å². The van der Waals surface area contributed by atoms with E-state index in [1.54, 1.807) is 6.92 Å². The fourth-order valence-electron chi connectivity index (χ4n) is 5.37. The van der Waals surface area contributed by atoms with Crippen LogP contribution in [0.15, 0.2) is 12.2 Å². The normalized spacial score (nSPS) is 34.1. The molecular formula is C18H24F2O7S. The minimum absolute atomic E-state index is 0.172. The average molecular weight is 422 g/mol. The molecule has 4 saturated carbocycles. The molecule has 7 nitrogen and oxygen atoms in total. The lowest BCUT2D eigenvalue weighted by molar-refractivity contribution is -0.210. The molecule has 0 aromatic carbocycles. The zero-order valence-corrected chi connectivity index (χ0v) is 16.4. The van der Waals surface area contributed by atoms with Crippen molar-refractivity contribution in [2.75, 3.05) is 6.61 Å². The standard InChI is InChI=1S/C18H24F2O7S/c1-11(2)14(21)27-17-8-12-5-13(9-17)7-16(6-12,10-17)15(22)26-4-3-18(19,20)28(23,24)25/h12-13H,1,3-10H2,2H3,(H,23,24,25). The minimum Gasteiger partial charge on any atom is -0.465 e. The SMILES string of the molecule is C=C(C)C(=O)OC12CC3CC(C1)CC(C(=O)OCCC(F)(F)S(=O)(=O)O)(C3)C2. The molecule has 4 rings (SSSR count). The Morgan fingerprint density at radius 2 is 1.79 bits per heavy atom. The molecule has 0 heterocycles. The van der Waals surface area contributed by atoms with E-state index >= 15 is 0 Å². The zero-order valence-electron chi connectivity index (χ0n) is 15.6. The number of ether oxygens (including phenoxy) is 2. The number of hydrogen-bond donors (Lipinski definition) is 1. The van der Waals surface area contributed by atoms with E-state index in [-0.39, 0.29) is 23.8 Å². The van der Waals surface area contributed by atoms with Gasteiger partial charge in [0, 0.05) is 12.0 Å². The Bertz CT molecular complexity index is 791. The number of carbonyl (C=O) groups excluding carboxylic acids is 2. The molecule has 0 aromatic heterocycles. The highest BCUT2D eigenvalue weighted by molar-refractivity contribution is 7.86. The topological polar surface area (TPSA) is 107 Å². The van der Waals surface area contributed by atoms with Gasteiger partial charge in [-0.15, -0.1) is 0 Å². The third-order valence-corrected chi connectivity index (χ3v) is 7.06. The van der Waals surface area contributed by atoms with Gasteiger partial charge in [0.2, 0.25) is 0 Å². The van der Waals surface area contributed by atoms with Crippen molar-refractivity contribution in [1.29, 1.82) is 0 Å². The summed E-state index contributed by atoms with van der Waals surface area (Å²) in [6.45, 7) is 4.29. The summed E-state index contributed by atoms with van der Waals surface area (Å²) in [5.41, 5.74) is -1.44. The van der Waals surface area contributed by atoms with Crippen molar-refractivity contribution < 1.29 is 40.8 Å². The first-order valence-electron chi connectivity index (χ1n) is 9.19. The van der Waals surface area contributed by atoms with Gasteiger partial charge in [-0.05, 0) is 50.9 Å². The Morgan fingerprint density at radius 1 is 1.21 bits per heavy atom. The molecule has 28 heavy (non-hydrogen) atoms. The predicted molar refractivity (Wildman–Crippen MR) is 92.8 cm³/mol. The number of hydrogen-bond acceptors (Lipinski definition) is 6. The zero-order chi connectivity index (χ0) is 21.0. The molecule has 4 bridgehead atoms. The molecule has 0 aliphatic heterocycles. The van der Waals surface area contributed by atoms with Crippen LogP contribution < -0.4 is 0 Å². The van der Waals surface area contributed by atoms with E-state index < -0.39 is 51.4 Å². The molecule has 1 N–H and O–H groups in total. The fraction of sp³-hybridized carbons (Fsp3) is 0.778. The summed E-state index contributed by atoms with van der Waals surface area (Å²) >= 11 is 0. The van der Waals surface area contributed by atoms with E-state index in [9.17, 15) is 26.8 Å². The highest BCUT2D eigenvalue weighted by Crippen LogP contribution is 2.63. The van der Waals surface area contributed by atoms with Gasteiger partial charge in [-0.3, -0.25) is 9.35 Å². The van der Waals surface area contributed by atoms with Gasteiger partial charge in [0.05, 0.1) is 18.4 Å². The molecule has 2 atom stereocenters. The van der Waals surface area contributed by atoms with E-state index in [1.165, 1.54) is 0 Å². The molecule has 0 amide bonds. The summed E-state index contributed by atoms with van der Waals surface area (Å²) < 4.78 is 67.2. The number of halogens is 2. The smallest absolute Gasteiger partial charge is 0.373 e. The summed E-state index contributed by atoms with van der Waals surface area (Å²) in [7, 11) is -5.57. The molecule has 0 radical (unpaired) electrons. The second kappa shape index (κ2) is 6.76. The molecule has 0 aromatic rings. The first-order valence-corrected chi connectivity index (χ1v) is 10.6. The van der Waals surface area contributed by atoms with Crippen molar-refractivity contribution in [2.24, 2.45) is 17.3 Å². The molecule has 4 aliphatic carbocycles. The lowest BCUT2D eigenvalue weighted by atomic mass is 9.48. The average Bonchev–Trinajstić information content (AvgIpc) is 2.51. The Balaban J connectivity index is 1.70. The largest absolute Gasteiger partial charge is 0.465 e. The van der Waals surface area contributed by atoms with Crippen LogP contribution in [-0.4, -0.2) is 42.4 Å². The van der Waals surface area contributed by atoms with Gasteiger partial charge >= 0.3 is 27.3 Å². The number of carbonyl (C=O) groups is 2. The Labute approximate surface area is 162 Å². The second-order valence-electron chi connectivity index (χ2n) is 8.59. The van der Waals surface area contributed by atoms with Gasteiger partial charge in [0.25, 0.3) is 0 Å². The van der Waals surface area contributed by atoms with Crippen molar-refractivity contribution in [1.82, 2.24) is 0 Å². The van der Waals surface area contributed by atoms with Gasteiger partial charge < -0.3 is 9.47 Å². The molecule has 0 spiro atoms. The van der Waals surface area contributed by atoms with Crippen LogP contribution in [-0.2, 0) is 29.2 Å². The second-order valence-corrected chi connectivity index (χ2v) is 10.1. The van der Waals surface area contributed by atoms with E-state index in [2.05, 4.69) is 6.58 Å². The fourth-order valence-corrected chi connectivity index (χ4v) is 5.71. The Morgan fingerprint density at radius 3 is 2.29 bits per heavy atom. The highest BCUT2D eigenvalue weighted by Gasteiger charge is 2.63. The molecule has 4 aliphatic rings. The van der Waals surface area contributed by atoms with Crippen LogP contribution in [0.25, 0.3) is 0 Å². The van der Waals surface area contributed by atoms with Crippen LogP contribution >= 0.6 is 0 Å². The van der Waals surface area contributed by atoms with Gasteiger partial charge in [-0.25, -0.2) is 4.79 Å². The first kappa shape index (κ1) is 21.2. The molecule has 4 fully saturated rings. The van der Waals surface area contributed by atoms with Crippen LogP contribution in [0.5, 0.6) is 0 Å². The Kier molecular flexibility index (Phi) is 5.11. The van der Waals surface area contributed by atoms with Crippen LogP contribution in [0.3, 0.4) is 0 Å². The summed E-state index contributed by atoms with van der Waals surface area (Å²) in [6, 6.07) is 0. The van der Waals surface area contributed by atoms with Crippen molar-refractivity contribution in [3.8, 4) is 0 Å². The van der Waals surface area contributed by atoms with Crippen LogP contribution in [0.2, 0.25) is 0 Å². The van der Waals surface area contributed by atoms with Crippen molar-refractivity contribution in [3.63, 3.8) is 0 Å². The summed E-state index contributed by atoms with van der Waals surface area (Å²) in [5.74, 6) is -0.848. The van der Waals surface area contributed by atoms with Gasteiger partial charge in [-0.1, -0.05) is 6.58 Å². The van der Waals surface area contributed by atoms with E-state index in [0.717, 1.165) is 6.42 Å². The quantitative estimate of drug-likeness (QED) is 0.382. The maximum atomic E-state index is 13.3. The number of rotatable bonds is 7. The predicted octanol–water partition coefficient (Wildman–Crippen LogP) is 2.86. The first-order chi connectivity index (χ1) is 12.8. The molecule has 10 heteroatoms. The Hall–Kier alpha value is -1.55. The van der Waals surface area contributed by atoms with Gasteiger partial charge in [0.1, 0.15) is 5.60 Å². The van der Waals surface area contributed by atoms with Crippen molar-refractivity contribution in [3.05, 3.63) is 12.2 Å². The molecular weight excluding hydrogens is 398 g/mol. The minimum atomic E-state index is -5.57. The maximum absolute atomic E-state index is 13.3. The van der Waals surface area contributed by atoms with Crippen LogP contribution in [0.4, 0.5) is 8.78 Å². The highest BCUT2D eigenvalue weighted by atomic mass is 32.2. The van der Waals surface area contributed by atoms with E-state index in [0.29, 0.717) is 25.7 Å². The van der Waals surface area contributed by atoms with Crippen LogP contribution in [0.1, 0.15) is 51.9 Å². The monoisotopic (exact) mass is 422 g/mol. The molecule has 0 saturated heterocycles. The lowest BCUT2D eigenvalue weighted by Crippen LogP contribution is -2.60. The summed E-state index contributed by atoms with van der Waals surface area (Å²) in [4.78, 5) is 24.8. The molecule has 158 valence electrons. The third kappa shape index (κ3) is 3.80. The van der Waals surface area contributed by atoms with Gasteiger partial charge in [0.15, 0.2) is 0 Å². The summed E-state index contributed by atoms with van der Waals surface area (Å²) in [5, 5.41) is -4.38. The summed E-state index contributed by atoms with van der Waals surface area (Å²) in [6.07, 6.45) is 2.22. The van der Waals surface area contributed by atoms with Crippen molar-refractivity contribution in [2.45, 2.75) is 62.7 Å². The maximum Gasteiger partial charge on any atom is 0.373 e. The third-order valence-electron chi connectivity index (χ3n) is 6.10.